The minimum absolute atomic E-state index is 0.0676. The molecule has 3 rings (SSSR count). The van der Waals surface area contributed by atoms with Crippen molar-refractivity contribution in [2.75, 3.05) is 12.4 Å². The number of methoxy groups -OCH3 is 1. The molecule has 7 nitrogen and oxygen atoms in total. The molecule has 0 radical (unpaired) electrons. The number of nitrogens with zero attached hydrogens (tertiary/aromatic N) is 2. The lowest BCUT2D eigenvalue weighted by Crippen LogP contribution is -2.24. The summed E-state index contributed by atoms with van der Waals surface area (Å²) >= 11 is 0. The van der Waals surface area contributed by atoms with E-state index in [4.69, 9.17) is 0 Å². The van der Waals surface area contributed by atoms with E-state index in [0.29, 0.717) is 10.9 Å². The van der Waals surface area contributed by atoms with E-state index < -0.39 is 17.7 Å². The number of hydrogen-bond donors (Lipinski definition) is 1. The molecule has 1 amide bonds. The highest BCUT2D eigenvalue weighted by atomic mass is 19.1. The molecule has 0 fully saturated rings. The molecule has 3 aromatic rings. The van der Waals surface area contributed by atoms with Crippen LogP contribution in [0.4, 0.5) is 10.1 Å². The summed E-state index contributed by atoms with van der Waals surface area (Å²) in [4.78, 5) is 40.2. The predicted octanol–water partition coefficient (Wildman–Crippen LogP) is 2.35. The lowest BCUT2D eigenvalue weighted by molar-refractivity contribution is -0.116. The number of esters is 1. The van der Waals surface area contributed by atoms with E-state index in [2.05, 4.69) is 15.0 Å². The first kappa shape index (κ1) is 18.2. The Hall–Kier alpha value is -3.55. The number of para-hydroxylation sites is 1. The van der Waals surface area contributed by atoms with E-state index in [1.54, 1.807) is 24.3 Å². The van der Waals surface area contributed by atoms with Gasteiger partial charge in [0.15, 0.2) is 0 Å². The summed E-state index contributed by atoms with van der Waals surface area (Å²) < 4.78 is 19.8. The van der Waals surface area contributed by atoms with Crippen LogP contribution in [0.25, 0.3) is 10.9 Å². The van der Waals surface area contributed by atoms with Gasteiger partial charge in [-0.05, 0) is 30.3 Å². The Balaban J connectivity index is 1.71. The number of ether oxygens (including phenoxy) is 1. The minimum atomic E-state index is -0.680. The summed E-state index contributed by atoms with van der Waals surface area (Å²) in [5, 5.41) is 2.85. The number of nitrogens with one attached hydrogen (secondary N) is 1. The van der Waals surface area contributed by atoms with E-state index in [-0.39, 0.29) is 29.8 Å². The zero-order valence-electron chi connectivity index (χ0n) is 14.4. The van der Waals surface area contributed by atoms with Crippen LogP contribution in [-0.4, -0.2) is 28.5 Å². The minimum Gasteiger partial charge on any atom is -0.465 e. The predicted molar refractivity (Wildman–Crippen MR) is 97.0 cm³/mol. The number of anilines is 1. The standard InChI is InChI=1S/C19H16FN3O4/c1-27-19(26)12-6-7-14(20)16(10-12)22-17(24)8-9-23-11-21-15-5-3-2-4-13(15)18(23)25/h2-7,10-11H,8-9H2,1H3,(H,22,24). The molecule has 1 N–H and O–H groups in total. The molecule has 1 heterocycles. The highest BCUT2D eigenvalue weighted by molar-refractivity contribution is 5.94. The topological polar surface area (TPSA) is 90.3 Å². The van der Waals surface area contributed by atoms with Crippen LogP contribution >= 0.6 is 0 Å². The lowest BCUT2D eigenvalue weighted by Gasteiger charge is -2.09. The molecule has 8 heteroatoms. The molecule has 0 atom stereocenters. The van der Waals surface area contributed by atoms with Crippen molar-refractivity contribution < 1.29 is 18.7 Å². The fourth-order valence-electron chi connectivity index (χ4n) is 2.57. The summed E-state index contributed by atoms with van der Waals surface area (Å²) in [5.41, 5.74) is 0.299. The largest absolute Gasteiger partial charge is 0.465 e. The second-order valence-electron chi connectivity index (χ2n) is 5.74. The molecule has 1 aromatic heterocycles. The molecule has 0 aliphatic rings. The molecule has 0 bridgehead atoms. The molecule has 138 valence electrons. The Labute approximate surface area is 153 Å². The molecule has 0 saturated carbocycles. The maximum Gasteiger partial charge on any atom is 0.337 e. The highest BCUT2D eigenvalue weighted by Crippen LogP contribution is 2.17. The third-order valence-corrected chi connectivity index (χ3v) is 3.97. The highest BCUT2D eigenvalue weighted by Gasteiger charge is 2.13. The number of carbonyl (C=O) groups excluding carboxylic acids is 2. The van der Waals surface area contributed by atoms with Crippen LogP contribution in [0.2, 0.25) is 0 Å². The summed E-state index contributed by atoms with van der Waals surface area (Å²) in [6.07, 6.45) is 1.30. The van der Waals surface area contributed by atoms with Crippen molar-refractivity contribution in [2.45, 2.75) is 13.0 Å². The van der Waals surface area contributed by atoms with Crippen LogP contribution in [0.1, 0.15) is 16.8 Å². The average Bonchev–Trinajstić information content (AvgIpc) is 2.68. The Morgan fingerprint density at radius 2 is 2.00 bits per heavy atom. The quantitative estimate of drug-likeness (QED) is 0.697. The Morgan fingerprint density at radius 1 is 1.22 bits per heavy atom. The molecule has 0 spiro atoms. The Bertz CT molecular complexity index is 1080. The van der Waals surface area contributed by atoms with Crippen molar-refractivity contribution in [1.82, 2.24) is 9.55 Å². The molecule has 0 unspecified atom stereocenters. The first-order valence-electron chi connectivity index (χ1n) is 8.11. The Morgan fingerprint density at radius 3 is 2.78 bits per heavy atom. The van der Waals surface area contributed by atoms with Crippen molar-refractivity contribution in [2.24, 2.45) is 0 Å². The first-order valence-corrected chi connectivity index (χ1v) is 8.11. The maximum absolute atomic E-state index is 13.9. The third-order valence-electron chi connectivity index (χ3n) is 3.97. The number of carbonyl (C=O) groups is 2. The molecule has 0 aliphatic heterocycles. The smallest absolute Gasteiger partial charge is 0.337 e. The van der Waals surface area contributed by atoms with E-state index in [0.717, 1.165) is 6.07 Å². The van der Waals surface area contributed by atoms with Crippen molar-refractivity contribution in [1.29, 1.82) is 0 Å². The number of hydrogen-bond acceptors (Lipinski definition) is 5. The van der Waals surface area contributed by atoms with E-state index in [9.17, 15) is 18.8 Å². The van der Waals surface area contributed by atoms with Gasteiger partial charge < -0.3 is 10.1 Å². The van der Waals surface area contributed by atoms with Gasteiger partial charge in [0.25, 0.3) is 5.56 Å². The number of benzene rings is 2. The van der Waals surface area contributed by atoms with Crippen molar-refractivity contribution in [3.05, 3.63) is 70.5 Å². The van der Waals surface area contributed by atoms with E-state index in [1.807, 2.05) is 0 Å². The van der Waals surface area contributed by atoms with Gasteiger partial charge in [-0.25, -0.2) is 14.2 Å². The molecule has 27 heavy (non-hydrogen) atoms. The third kappa shape index (κ3) is 4.00. The van der Waals surface area contributed by atoms with Gasteiger partial charge in [0, 0.05) is 13.0 Å². The summed E-state index contributed by atoms with van der Waals surface area (Å²) in [5.74, 6) is -1.82. The molecule has 2 aromatic carbocycles. The van der Waals surface area contributed by atoms with E-state index in [1.165, 1.54) is 30.1 Å². The SMILES string of the molecule is COC(=O)c1ccc(F)c(NC(=O)CCn2cnc3ccccc3c2=O)c1. The second kappa shape index (κ2) is 7.77. The van der Waals surface area contributed by atoms with Crippen molar-refractivity contribution in [3.63, 3.8) is 0 Å². The van der Waals surface area contributed by atoms with Crippen LogP contribution < -0.4 is 10.9 Å². The fourth-order valence-corrected chi connectivity index (χ4v) is 2.57. The van der Waals surface area contributed by atoms with Crippen LogP contribution in [0.5, 0.6) is 0 Å². The number of aryl methyl sites for hydroxylation is 1. The molecule has 0 saturated heterocycles. The molecular weight excluding hydrogens is 353 g/mol. The summed E-state index contributed by atoms with van der Waals surface area (Å²) in [6.45, 7) is 0.0841. The number of halogens is 1. The zero-order valence-corrected chi connectivity index (χ0v) is 14.4. The monoisotopic (exact) mass is 369 g/mol. The van der Waals surface area contributed by atoms with Crippen molar-refractivity contribution >= 4 is 28.5 Å². The van der Waals surface area contributed by atoms with Gasteiger partial charge in [-0.3, -0.25) is 14.2 Å². The van der Waals surface area contributed by atoms with Gasteiger partial charge in [0.2, 0.25) is 5.91 Å². The fraction of sp³-hybridized carbons (Fsp3) is 0.158. The van der Waals surface area contributed by atoms with Crippen LogP contribution in [0, 0.1) is 5.82 Å². The lowest BCUT2D eigenvalue weighted by atomic mass is 10.2. The number of rotatable bonds is 5. The van der Waals surface area contributed by atoms with E-state index >= 15 is 0 Å². The summed E-state index contributed by atoms with van der Waals surface area (Å²) in [7, 11) is 1.21. The van der Waals surface area contributed by atoms with Crippen molar-refractivity contribution in [3.8, 4) is 0 Å². The average molecular weight is 369 g/mol. The van der Waals surface area contributed by atoms with Crippen LogP contribution in [-0.2, 0) is 16.1 Å². The van der Waals surface area contributed by atoms with Crippen LogP contribution in [0.3, 0.4) is 0 Å². The number of aromatic nitrogens is 2. The Kier molecular flexibility index (Phi) is 5.25. The zero-order chi connectivity index (χ0) is 19.4. The first-order chi connectivity index (χ1) is 13.0. The summed E-state index contributed by atoms with van der Waals surface area (Å²) in [6, 6.07) is 10.4. The van der Waals surface area contributed by atoms with Gasteiger partial charge in [-0.15, -0.1) is 0 Å². The van der Waals surface area contributed by atoms with Gasteiger partial charge in [-0.2, -0.15) is 0 Å². The van der Waals surface area contributed by atoms with Gasteiger partial charge >= 0.3 is 5.97 Å². The second-order valence-corrected chi connectivity index (χ2v) is 5.74. The molecular formula is C19H16FN3O4. The normalized spacial score (nSPS) is 10.6. The van der Waals surface area contributed by atoms with Gasteiger partial charge in [0.05, 0.1) is 35.6 Å². The van der Waals surface area contributed by atoms with Crippen LogP contribution in [0.15, 0.2) is 53.6 Å². The number of fused-ring (bicyclic) bond motifs is 1. The maximum atomic E-state index is 13.9. The van der Waals surface area contributed by atoms with Gasteiger partial charge in [-0.1, -0.05) is 12.1 Å². The molecule has 0 aliphatic carbocycles. The van der Waals surface area contributed by atoms with Gasteiger partial charge in [0.1, 0.15) is 5.82 Å². The number of amides is 1.